The lowest BCUT2D eigenvalue weighted by atomic mass is 9.95. The molecule has 35 atom stereocenters. The predicted octanol–water partition coefficient (Wildman–Crippen LogP) is -17.8. The van der Waals surface area contributed by atoms with E-state index >= 15 is 0 Å². The second kappa shape index (κ2) is 37.8. The summed E-state index contributed by atoms with van der Waals surface area (Å²) in [4.78, 5) is 0. The van der Waals surface area contributed by atoms with Gasteiger partial charge >= 0.3 is 0 Å². The number of ether oxygens (including phenoxy) is 14. The van der Waals surface area contributed by atoms with Crippen LogP contribution in [-0.4, -0.2) is 370 Å². The van der Waals surface area contributed by atoms with Crippen LogP contribution in [0, 0.1) is 0 Å². The highest BCUT2D eigenvalue weighted by atomic mass is 35.5. The van der Waals surface area contributed by atoms with E-state index < -0.39 is 255 Å². The van der Waals surface area contributed by atoms with Crippen LogP contribution in [0.3, 0.4) is 0 Å². The minimum atomic E-state index is -2.21. The molecule has 0 spiro atoms. The van der Waals surface area contributed by atoms with Gasteiger partial charge in [-0.1, -0.05) is 19.3 Å². The van der Waals surface area contributed by atoms with Crippen LogP contribution in [0.2, 0.25) is 0 Å². The molecule has 574 valence electrons. The van der Waals surface area contributed by atoms with Gasteiger partial charge in [0.2, 0.25) is 0 Å². The van der Waals surface area contributed by atoms with Gasteiger partial charge < -0.3 is 199 Å². The average molecular weight is 1490 g/mol. The normalized spacial score (nSPS) is 45.1. The molecular formula is C61H97Cl2N3O34. The van der Waals surface area contributed by atoms with E-state index in [0.717, 1.165) is 49.8 Å². The second-order valence-electron chi connectivity index (χ2n) is 25.9. The fraction of sp³-hybridized carbons (Fsp3) is 0.836. The summed E-state index contributed by atoms with van der Waals surface area (Å²) in [7, 11) is 1.96. The molecular weight excluding hydrogens is 1390 g/mol. The molecule has 0 radical (unpaired) electrons. The first kappa shape index (κ1) is 83.1. The van der Waals surface area contributed by atoms with E-state index in [1.54, 1.807) is 0 Å². The fourth-order valence-corrected chi connectivity index (χ4v) is 13.4. The summed E-state index contributed by atoms with van der Waals surface area (Å²) in [6.45, 7) is -5.19. The van der Waals surface area contributed by atoms with Crippen molar-refractivity contribution in [2.24, 2.45) is 7.05 Å². The van der Waals surface area contributed by atoms with Crippen LogP contribution >= 0.6 is 0 Å². The quantitative estimate of drug-likeness (QED) is 0.0487. The third kappa shape index (κ3) is 18.5. The molecule has 21 N–H and O–H groups in total. The molecule has 2 aromatic heterocycles. The van der Waals surface area contributed by atoms with Gasteiger partial charge in [-0.3, -0.25) is 0 Å². The first-order valence-electron chi connectivity index (χ1n) is 33.0. The summed E-state index contributed by atoms with van der Waals surface area (Å²) < 4.78 is 86.2. The number of hydrogen-bond acceptors (Lipinski definition) is 35. The fourth-order valence-electron chi connectivity index (χ4n) is 13.4. The van der Waals surface area contributed by atoms with Gasteiger partial charge in [0.05, 0.1) is 39.6 Å². The largest absolute Gasteiger partial charge is 1.00 e. The first-order chi connectivity index (χ1) is 47.0. The van der Waals surface area contributed by atoms with Crippen molar-refractivity contribution in [1.29, 1.82) is 0 Å². The molecule has 21 aliphatic heterocycles. The molecule has 100 heavy (non-hydrogen) atoms. The van der Waals surface area contributed by atoms with E-state index in [9.17, 15) is 102 Å². The molecule has 0 amide bonds. The number of rotatable bonds is 18. The van der Waals surface area contributed by atoms with Crippen LogP contribution in [0.15, 0.2) is 49.1 Å². The summed E-state index contributed by atoms with van der Waals surface area (Å²) in [5.41, 5.74) is 2.23. The van der Waals surface area contributed by atoms with Crippen molar-refractivity contribution in [3.8, 4) is 11.1 Å². The molecule has 14 bridgehead atoms. The maximum absolute atomic E-state index is 12.0. The number of nitrogens with zero attached hydrogens (tertiary/aromatic N) is 2. The van der Waals surface area contributed by atoms with E-state index in [1.807, 2.05) is 24.0 Å². The van der Waals surface area contributed by atoms with Gasteiger partial charge in [-0.05, 0) is 30.5 Å². The summed E-state index contributed by atoms with van der Waals surface area (Å²) >= 11 is 0. The molecule has 0 aliphatic carbocycles. The first-order valence-corrected chi connectivity index (χ1v) is 33.0. The molecule has 21 aliphatic rings. The van der Waals surface area contributed by atoms with Crippen LogP contribution in [0.4, 0.5) is 0 Å². The van der Waals surface area contributed by atoms with E-state index in [2.05, 4.69) is 46.5 Å². The van der Waals surface area contributed by atoms with Crippen molar-refractivity contribution < 1.29 is 202 Å². The topological polar surface area (TPSA) is 554 Å². The van der Waals surface area contributed by atoms with Gasteiger partial charge in [0.15, 0.2) is 68.8 Å². The van der Waals surface area contributed by atoms with E-state index in [4.69, 9.17) is 66.3 Å². The third-order valence-corrected chi connectivity index (χ3v) is 19.2. The molecule has 0 saturated carbocycles. The molecule has 39 heteroatoms. The number of hydrogen-bond donors (Lipinski definition) is 21. The van der Waals surface area contributed by atoms with Crippen LogP contribution in [-0.2, 0) is 79.9 Å². The number of halogens is 2. The Kier molecular flexibility index (Phi) is 31.4. The van der Waals surface area contributed by atoms with E-state index in [-0.39, 0.29) is 31.4 Å². The zero-order valence-electron chi connectivity index (χ0n) is 54.2. The van der Waals surface area contributed by atoms with Crippen molar-refractivity contribution in [2.45, 2.75) is 260 Å². The Morgan fingerprint density at radius 1 is 0.290 bits per heavy atom. The maximum atomic E-state index is 12.0. The molecule has 23 rings (SSSR count). The lowest BCUT2D eigenvalue weighted by molar-refractivity contribution is -0.697. The van der Waals surface area contributed by atoms with Crippen molar-refractivity contribution in [1.82, 2.24) is 5.32 Å². The smallest absolute Gasteiger partial charge is 0.187 e. The average Bonchev–Trinajstić information content (AvgIpc) is 0.779. The number of unbranched alkanes of at least 4 members (excludes halogenated alkanes) is 5. The zero-order chi connectivity index (χ0) is 70.4. The van der Waals surface area contributed by atoms with Crippen molar-refractivity contribution in [2.75, 3.05) is 52.7 Å². The third-order valence-electron chi connectivity index (χ3n) is 19.2. The minimum Gasteiger partial charge on any atom is -1.00 e. The highest BCUT2D eigenvalue weighted by molar-refractivity contribution is 5.60. The molecule has 0 aromatic carbocycles. The van der Waals surface area contributed by atoms with Crippen molar-refractivity contribution in [3.05, 3.63) is 49.1 Å². The Bertz CT molecular complexity index is 2710. The lowest BCUT2D eigenvalue weighted by Crippen LogP contribution is -3.00. The predicted molar refractivity (Wildman–Crippen MR) is 315 cm³/mol. The summed E-state index contributed by atoms with van der Waals surface area (Å²) in [6, 6.07) is 8.27. The Morgan fingerprint density at radius 3 is 0.770 bits per heavy atom. The number of aliphatic hydroxyl groups is 20. The molecule has 21 fully saturated rings. The van der Waals surface area contributed by atoms with Crippen LogP contribution < -0.4 is 39.3 Å². The van der Waals surface area contributed by atoms with Crippen LogP contribution in [0.25, 0.3) is 11.1 Å². The van der Waals surface area contributed by atoms with Crippen LogP contribution in [0.5, 0.6) is 0 Å². The van der Waals surface area contributed by atoms with Gasteiger partial charge in [-0.15, -0.1) is 0 Å². The number of aliphatic hydroxyl groups excluding tert-OH is 20. The van der Waals surface area contributed by atoms with Crippen molar-refractivity contribution >= 4 is 0 Å². The highest BCUT2D eigenvalue weighted by Crippen LogP contribution is 2.39. The van der Waals surface area contributed by atoms with Gasteiger partial charge in [-0.2, -0.15) is 0 Å². The van der Waals surface area contributed by atoms with Gasteiger partial charge in [0.1, 0.15) is 185 Å². The molecule has 23 heterocycles. The summed E-state index contributed by atoms with van der Waals surface area (Å²) in [6.07, 6.45) is -55.9. The second-order valence-corrected chi connectivity index (χ2v) is 25.9. The van der Waals surface area contributed by atoms with Gasteiger partial charge in [0.25, 0.3) is 0 Å². The monoisotopic (exact) mass is 1490 g/mol. The highest BCUT2D eigenvalue weighted by Gasteiger charge is 2.60. The van der Waals surface area contributed by atoms with Gasteiger partial charge in [0, 0.05) is 37.2 Å². The Hall–Kier alpha value is -2.52. The van der Waals surface area contributed by atoms with Crippen molar-refractivity contribution in [3.63, 3.8) is 0 Å². The standard InChI is InChI=1S/C61H97N3O34.2ClH/c1-63-14-8-25(9-15-63)26-10-16-64(17-11-26)13-7-5-3-2-4-6-12-62-18-27-48-34(71)41(78)55(85-27)93-49-28(19-65)87-57(43(80)36(49)73)95-51-30(21-67)89-59(45(82)38(51)75)97-53-32(23-69)91-61(47(84)40(53)77)98-54-33(24-70)90-60(46(83)39(54)76)96-52-31(22-68)88-58(44(81)37(52)74)94-50-29(20-66)86-56(92-48)42(79)35(50)72;;/h8-11,14-17,27-62,65-84H,2-7,12-13,18-24H2,1H3;2*1H/q+2;;/p-2/t27-,28+,29-,30+,31-,32+,33-,34+,35+,36-,37+,38+,39+,40+,41+,42+,43-,44+,45-,46+,47+,48+,49+,50+,51+,52+,53+,54+,55+,56+,57+,58+,59+,60+,61+;;/m0../s1. The number of aryl methyl sites for hydroxylation is 2. The minimum absolute atomic E-state index is 0. The SMILES string of the molecule is C[n+]1ccc(-c2cc[n+](CCCCCCCCNC[C@@H]3O[C@@H]4O[C@H]5[C@@H](O)[C@H](O)[C@@H](O[C@H]6[C@H](O)[C@H](O)[C@@H](O[C@H]7[C@H](O)[C@@H](O)[C@@H](O[C@H]8[C@H](O)[C@@H](O)[C@@H](O[C@H]9[C@H](O)[C@@H](O)[C@@H](O[C@H]%10[C@H](O)[C@@H](O)[C@@H](O[C@H]3[C@H](O)[C@H]4O)O[C@H]%10CO)O[C@H]9CO)O[C@H]8CO)O[C@@H]7CO)O[C@@H]6CO)O[C@@H]5CO)cc2)cc1.[Cl-].[Cl-]. The molecule has 21 saturated heterocycles. The maximum Gasteiger partial charge on any atom is 0.187 e. The zero-order valence-corrected chi connectivity index (χ0v) is 55.8. The van der Waals surface area contributed by atoms with Gasteiger partial charge in [-0.25, -0.2) is 9.13 Å². The Balaban J connectivity index is 0.00000636. The summed E-state index contributed by atoms with van der Waals surface area (Å²) in [5, 5.41) is 228. The number of aromatic nitrogens is 2. The number of nitrogens with one attached hydrogen (secondary N) is 1. The summed E-state index contributed by atoms with van der Waals surface area (Å²) in [5.74, 6) is 0. The van der Waals surface area contributed by atoms with E-state index in [1.165, 1.54) is 0 Å². The Labute approximate surface area is 585 Å². The molecule has 37 nitrogen and oxygen atoms in total. The molecule has 0 unspecified atom stereocenters. The van der Waals surface area contributed by atoms with E-state index in [0.29, 0.717) is 13.0 Å². The number of pyridine rings is 2. The van der Waals surface area contributed by atoms with Crippen LogP contribution in [0.1, 0.15) is 38.5 Å². The Morgan fingerprint density at radius 2 is 0.510 bits per heavy atom. The lowest BCUT2D eigenvalue weighted by Gasteiger charge is -2.50. The molecule has 2 aromatic rings.